The average Bonchev–Trinajstić information content (AvgIpc) is 2.40. The third-order valence-electron chi connectivity index (χ3n) is 3.97. The molecule has 106 valence electrons. The van der Waals surface area contributed by atoms with Crippen molar-refractivity contribution in [2.75, 3.05) is 0 Å². The molecule has 0 aromatic heterocycles. The van der Waals surface area contributed by atoms with Crippen molar-refractivity contribution < 1.29 is 13.9 Å². The van der Waals surface area contributed by atoms with Crippen molar-refractivity contribution in [3.8, 4) is 0 Å². The molecule has 2 aromatic rings. The van der Waals surface area contributed by atoms with Crippen molar-refractivity contribution in [1.29, 1.82) is 0 Å². The first-order valence-corrected chi connectivity index (χ1v) is 6.53. The lowest BCUT2D eigenvalue weighted by Gasteiger charge is -2.21. The molecular weight excluding hydrogens is 258 g/mol. The fourth-order valence-electron chi connectivity index (χ4n) is 2.54. The molecule has 0 saturated heterocycles. The topological polar surface area (TPSA) is 20.2 Å². The van der Waals surface area contributed by atoms with Gasteiger partial charge in [-0.1, -0.05) is 18.2 Å². The number of rotatable bonds is 2. The number of hydrogen-bond donors (Lipinski definition) is 1. The zero-order valence-electron chi connectivity index (χ0n) is 12.1. The molecule has 3 heteroatoms. The average molecular weight is 276 g/mol. The minimum absolute atomic E-state index is 0.0267. The van der Waals surface area contributed by atoms with Crippen LogP contribution in [0.15, 0.2) is 24.3 Å². The number of benzene rings is 2. The SMILES string of the molecule is Cc1cc(C)c(C)c(C(O)c2cccc(F)c2F)c1C. The van der Waals surface area contributed by atoms with Crippen LogP contribution in [0, 0.1) is 39.3 Å². The van der Waals surface area contributed by atoms with Crippen LogP contribution in [0.2, 0.25) is 0 Å². The summed E-state index contributed by atoms with van der Waals surface area (Å²) in [6.07, 6.45) is -1.16. The van der Waals surface area contributed by atoms with Gasteiger partial charge in [-0.3, -0.25) is 0 Å². The molecule has 0 heterocycles. The standard InChI is InChI=1S/C17H18F2O/c1-9-8-10(2)12(4)15(11(9)3)17(20)13-6-5-7-14(18)16(13)19/h5-8,17,20H,1-4H3. The van der Waals surface area contributed by atoms with Gasteiger partial charge in [-0.25, -0.2) is 8.78 Å². The summed E-state index contributed by atoms with van der Waals surface area (Å²) in [6, 6.07) is 5.90. The molecule has 20 heavy (non-hydrogen) atoms. The predicted octanol–water partition coefficient (Wildman–Crippen LogP) is 4.28. The van der Waals surface area contributed by atoms with Gasteiger partial charge in [0.15, 0.2) is 11.6 Å². The smallest absolute Gasteiger partial charge is 0.164 e. The van der Waals surface area contributed by atoms with E-state index in [9.17, 15) is 13.9 Å². The van der Waals surface area contributed by atoms with E-state index in [1.807, 2.05) is 33.8 Å². The van der Waals surface area contributed by atoms with Gasteiger partial charge < -0.3 is 5.11 Å². The summed E-state index contributed by atoms with van der Waals surface area (Å²) >= 11 is 0. The zero-order chi connectivity index (χ0) is 15.0. The minimum Gasteiger partial charge on any atom is -0.384 e. The lowest BCUT2D eigenvalue weighted by molar-refractivity contribution is 0.211. The molecule has 1 atom stereocenters. The molecule has 1 unspecified atom stereocenters. The zero-order valence-corrected chi connectivity index (χ0v) is 12.1. The van der Waals surface area contributed by atoms with Gasteiger partial charge in [0.05, 0.1) is 0 Å². The largest absolute Gasteiger partial charge is 0.384 e. The summed E-state index contributed by atoms with van der Waals surface area (Å²) in [5.41, 5.74) is 4.50. The van der Waals surface area contributed by atoms with Crippen molar-refractivity contribution in [3.05, 3.63) is 69.3 Å². The Bertz CT molecular complexity index is 636. The van der Waals surface area contributed by atoms with E-state index in [1.54, 1.807) is 0 Å². The Morgan fingerprint density at radius 3 is 2.05 bits per heavy atom. The van der Waals surface area contributed by atoms with Crippen LogP contribution in [0.1, 0.15) is 39.5 Å². The van der Waals surface area contributed by atoms with Crippen molar-refractivity contribution in [2.45, 2.75) is 33.8 Å². The van der Waals surface area contributed by atoms with E-state index in [2.05, 4.69) is 0 Å². The van der Waals surface area contributed by atoms with Gasteiger partial charge in [-0.15, -0.1) is 0 Å². The van der Waals surface area contributed by atoms with E-state index in [0.29, 0.717) is 5.56 Å². The highest BCUT2D eigenvalue weighted by atomic mass is 19.2. The summed E-state index contributed by atoms with van der Waals surface area (Å²) in [5, 5.41) is 10.5. The van der Waals surface area contributed by atoms with E-state index in [-0.39, 0.29) is 5.56 Å². The Balaban J connectivity index is 2.65. The maximum absolute atomic E-state index is 13.9. The van der Waals surface area contributed by atoms with Gasteiger partial charge in [-0.2, -0.15) is 0 Å². The Morgan fingerprint density at radius 1 is 0.950 bits per heavy atom. The van der Waals surface area contributed by atoms with Crippen molar-refractivity contribution in [2.24, 2.45) is 0 Å². The fourth-order valence-corrected chi connectivity index (χ4v) is 2.54. The molecule has 0 spiro atoms. The molecule has 2 rings (SSSR count). The van der Waals surface area contributed by atoms with E-state index in [4.69, 9.17) is 0 Å². The molecule has 0 saturated carbocycles. The molecule has 0 radical (unpaired) electrons. The Labute approximate surface area is 117 Å². The molecule has 1 N–H and O–H groups in total. The third-order valence-corrected chi connectivity index (χ3v) is 3.97. The molecule has 0 aliphatic carbocycles. The van der Waals surface area contributed by atoms with Crippen molar-refractivity contribution in [3.63, 3.8) is 0 Å². The molecule has 2 aromatic carbocycles. The highest BCUT2D eigenvalue weighted by Crippen LogP contribution is 2.32. The van der Waals surface area contributed by atoms with Gasteiger partial charge in [-0.05, 0) is 61.6 Å². The monoisotopic (exact) mass is 276 g/mol. The van der Waals surface area contributed by atoms with Crippen LogP contribution in [0.5, 0.6) is 0 Å². The van der Waals surface area contributed by atoms with E-state index < -0.39 is 17.7 Å². The van der Waals surface area contributed by atoms with Crippen molar-refractivity contribution in [1.82, 2.24) is 0 Å². The predicted molar refractivity (Wildman–Crippen MR) is 75.8 cm³/mol. The summed E-state index contributed by atoms with van der Waals surface area (Å²) in [5.74, 6) is -1.93. The van der Waals surface area contributed by atoms with Gasteiger partial charge in [0.1, 0.15) is 6.10 Å². The van der Waals surface area contributed by atoms with Crippen molar-refractivity contribution >= 4 is 0 Å². The Morgan fingerprint density at radius 2 is 1.50 bits per heavy atom. The van der Waals surface area contributed by atoms with Crippen LogP contribution in [0.25, 0.3) is 0 Å². The van der Waals surface area contributed by atoms with Crippen LogP contribution < -0.4 is 0 Å². The summed E-state index contributed by atoms with van der Waals surface area (Å²) < 4.78 is 27.2. The third kappa shape index (κ3) is 2.34. The number of halogens is 2. The molecular formula is C17H18F2O. The molecule has 1 nitrogen and oxygen atoms in total. The molecule has 0 bridgehead atoms. The van der Waals surface area contributed by atoms with E-state index in [1.165, 1.54) is 12.1 Å². The second kappa shape index (κ2) is 5.33. The van der Waals surface area contributed by atoms with Crippen LogP contribution in [0.3, 0.4) is 0 Å². The normalized spacial score (nSPS) is 12.6. The Hall–Kier alpha value is -1.74. The van der Waals surface area contributed by atoms with Gasteiger partial charge in [0.25, 0.3) is 0 Å². The summed E-state index contributed by atoms with van der Waals surface area (Å²) in [7, 11) is 0. The molecule has 0 aliphatic heterocycles. The van der Waals surface area contributed by atoms with Crippen LogP contribution in [-0.2, 0) is 0 Å². The van der Waals surface area contributed by atoms with Gasteiger partial charge >= 0.3 is 0 Å². The first kappa shape index (κ1) is 14.7. The second-order valence-corrected chi connectivity index (χ2v) is 5.22. The first-order valence-electron chi connectivity index (χ1n) is 6.53. The second-order valence-electron chi connectivity index (χ2n) is 5.22. The summed E-state index contributed by atoms with van der Waals surface area (Å²) in [4.78, 5) is 0. The first-order chi connectivity index (χ1) is 9.34. The van der Waals surface area contributed by atoms with Crippen LogP contribution >= 0.6 is 0 Å². The number of aryl methyl sites for hydroxylation is 2. The molecule has 0 fully saturated rings. The quantitative estimate of drug-likeness (QED) is 0.868. The number of hydrogen-bond acceptors (Lipinski definition) is 1. The maximum Gasteiger partial charge on any atom is 0.164 e. The highest BCUT2D eigenvalue weighted by molar-refractivity contribution is 5.48. The highest BCUT2D eigenvalue weighted by Gasteiger charge is 2.22. The van der Waals surface area contributed by atoms with Crippen LogP contribution in [-0.4, -0.2) is 5.11 Å². The Kier molecular flexibility index (Phi) is 3.91. The van der Waals surface area contributed by atoms with Gasteiger partial charge in [0, 0.05) is 5.56 Å². The van der Waals surface area contributed by atoms with E-state index >= 15 is 0 Å². The maximum atomic E-state index is 13.9. The molecule has 0 amide bonds. The number of aliphatic hydroxyl groups is 1. The van der Waals surface area contributed by atoms with Crippen LogP contribution in [0.4, 0.5) is 8.78 Å². The number of aliphatic hydroxyl groups excluding tert-OH is 1. The minimum atomic E-state index is -1.16. The van der Waals surface area contributed by atoms with E-state index in [0.717, 1.165) is 28.3 Å². The lowest BCUT2D eigenvalue weighted by atomic mass is 9.88. The van der Waals surface area contributed by atoms with Gasteiger partial charge in [0.2, 0.25) is 0 Å². The lowest BCUT2D eigenvalue weighted by Crippen LogP contribution is -2.10. The molecule has 0 aliphatic rings. The fraction of sp³-hybridized carbons (Fsp3) is 0.294. The summed E-state index contributed by atoms with van der Waals surface area (Å²) in [6.45, 7) is 7.66.